The second-order valence-corrected chi connectivity index (χ2v) is 6.98. The highest BCUT2D eigenvalue weighted by molar-refractivity contribution is 9.11. The lowest BCUT2D eigenvalue weighted by atomic mass is 10.2. The number of halogens is 2. The van der Waals surface area contributed by atoms with Crippen LogP contribution in [0.2, 0.25) is 0 Å². The fourth-order valence-corrected chi connectivity index (χ4v) is 4.09. The molecule has 5 heteroatoms. The van der Waals surface area contributed by atoms with Gasteiger partial charge in [-0.3, -0.25) is 0 Å². The van der Waals surface area contributed by atoms with Crippen LogP contribution in [0.3, 0.4) is 0 Å². The Balaban J connectivity index is 1.72. The standard InChI is InChI=1S/C16H23Br2NO2/c1-2-20-16-14(17)9-12(10-15(16)18)11-19-7-8-21-13-5-3-4-6-13/h9-10,13,19H,2-8,11H2,1H3. The van der Waals surface area contributed by atoms with Gasteiger partial charge in [-0.05, 0) is 69.3 Å². The molecule has 0 spiro atoms. The van der Waals surface area contributed by atoms with E-state index in [0.29, 0.717) is 12.7 Å². The molecule has 1 fully saturated rings. The number of benzene rings is 1. The first-order chi connectivity index (χ1) is 10.2. The van der Waals surface area contributed by atoms with E-state index >= 15 is 0 Å². The van der Waals surface area contributed by atoms with E-state index in [1.807, 2.05) is 6.92 Å². The predicted molar refractivity (Wildman–Crippen MR) is 92.9 cm³/mol. The first-order valence-electron chi connectivity index (χ1n) is 7.63. The Morgan fingerprint density at radius 2 is 1.86 bits per heavy atom. The van der Waals surface area contributed by atoms with Gasteiger partial charge in [0.1, 0.15) is 5.75 Å². The summed E-state index contributed by atoms with van der Waals surface area (Å²) in [5, 5.41) is 3.42. The summed E-state index contributed by atoms with van der Waals surface area (Å²) in [5.74, 6) is 0.866. The van der Waals surface area contributed by atoms with Crippen molar-refractivity contribution in [3.05, 3.63) is 26.6 Å². The van der Waals surface area contributed by atoms with Crippen molar-refractivity contribution in [1.82, 2.24) is 5.32 Å². The topological polar surface area (TPSA) is 30.5 Å². The molecule has 1 aliphatic carbocycles. The molecule has 0 unspecified atom stereocenters. The SMILES string of the molecule is CCOc1c(Br)cc(CNCCOC2CCCC2)cc1Br. The molecule has 1 N–H and O–H groups in total. The maximum Gasteiger partial charge on any atom is 0.147 e. The highest BCUT2D eigenvalue weighted by Crippen LogP contribution is 2.34. The zero-order valence-corrected chi connectivity index (χ0v) is 15.6. The Kier molecular flexibility index (Phi) is 7.50. The van der Waals surface area contributed by atoms with E-state index in [1.165, 1.54) is 31.2 Å². The first kappa shape index (κ1) is 17.3. The molecule has 118 valence electrons. The van der Waals surface area contributed by atoms with Gasteiger partial charge in [0.15, 0.2) is 0 Å². The molecular weight excluding hydrogens is 398 g/mol. The molecule has 21 heavy (non-hydrogen) atoms. The number of hydrogen-bond acceptors (Lipinski definition) is 3. The van der Waals surface area contributed by atoms with Crippen molar-refractivity contribution in [1.29, 1.82) is 0 Å². The van der Waals surface area contributed by atoms with E-state index in [4.69, 9.17) is 9.47 Å². The van der Waals surface area contributed by atoms with E-state index in [9.17, 15) is 0 Å². The second kappa shape index (κ2) is 9.13. The van der Waals surface area contributed by atoms with Gasteiger partial charge in [-0.25, -0.2) is 0 Å². The molecule has 1 saturated carbocycles. The zero-order chi connectivity index (χ0) is 15.1. The summed E-state index contributed by atoms with van der Waals surface area (Å²) < 4.78 is 13.4. The quantitative estimate of drug-likeness (QED) is 0.620. The summed E-state index contributed by atoms with van der Waals surface area (Å²) in [6, 6.07) is 4.20. The summed E-state index contributed by atoms with van der Waals surface area (Å²) >= 11 is 7.12. The van der Waals surface area contributed by atoms with Gasteiger partial charge in [-0.1, -0.05) is 12.8 Å². The first-order valence-corrected chi connectivity index (χ1v) is 9.22. The third-order valence-corrected chi connectivity index (χ3v) is 4.79. The largest absolute Gasteiger partial charge is 0.492 e. The Labute approximate surface area is 144 Å². The predicted octanol–water partition coefficient (Wildman–Crippen LogP) is 4.66. The molecule has 0 amide bonds. The van der Waals surface area contributed by atoms with Gasteiger partial charge in [0, 0.05) is 13.1 Å². The van der Waals surface area contributed by atoms with Crippen molar-refractivity contribution in [2.24, 2.45) is 0 Å². The molecule has 0 aromatic heterocycles. The number of hydrogen-bond donors (Lipinski definition) is 1. The van der Waals surface area contributed by atoms with Crippen molar-refractivity contribution >= 4 is 31.9 Å². The summed E-state index contributed by atoms with van der Waals surface area (Å²) in [5.41, 5.74) is 1.22. The van der Waals surface area contributed by atoms with Crippen LogP contribution in [0.1, 0.15) is 38.2 Å². The van der Waals surface area contributed by atoms with Crippen LogP contribution in [0.4, 0.5) is 0 Å². The van der Waals surface area contributed by atoms with E-state index in [2.05, 4.69) is 49.3 Å². The average Bonchev–Trinajstić information content (AvgIpc) is 2.96. The number of rotatable bonds is 8. The molecule has 0 radical (unpaired) electrons. The van der Waals surface area contributed by atoms with Gasteiger partial charge in [-0.15, -0.1) is 0 Å². The molecule has 1 aromatic carbocycles. The maximum atomic E-state index is 5.84. The number of nitrogens with one attached hydrogen (secondary N) is 1. The van der Waals surface area contributed by atoms with Crippen molar-refractivity contribution in [2.75, 3.05) is 19.8 Å². The zero-order valence-electron chi connectivity index (χ0n) is 12.5. The van der Waals surface area contributed by atoms with Crippen LogP contribution in [0.25, 0.3) is 0 Å². The molecule has 1 aliphatic rings. The van der Waals surface area contributed by atoms with Crippen molar-refractivity contribution < 1.29 is 9.47 Å². The van der Waals surface area contributed by atoms with E-state index in [-0.39, 0.29) is 0 Å². The van der Waals surface area contributed by atoms with Gasteiger partial charge >= 0.3 is 0 Å². The minimum Gasteiger partial charge on any atom is -0.492 e. The molecule has 1 aromatic rings. The molecule has 3 nitrogen and oxygen atoms in total. The Morgan fingerprint density at radius 3 is 2.48 bits per heavy atom. The monoisotopic (exact) mass is 419 g/mol. The molecule has 0 aliphatic heterocycles. The van der Waals surface area contributed by atoms with Gasteiger partial charge in [-0.2, -0.15) is 0 Å². The smallest absolute Gasteiger partial charge is 0.147 e. The molecule has 0 atom stereocenters. The molecular formula is C16H23Br2NO2. The third kappa shape index (κ3) is 5.55. The normalized spacial score (nSPS) is 15.6. The highest BCUT2D eigenvalue weighted by Gasteiger charge is 2.14. The minimum absolute atomic E-state index is 0.501. The van der Waals surface area contributed by atoms with Crippen LogP contribution in [0.5, 0.6) is 5.75 Å². The van der Waals surface area contributed by atoms with Crippen molar-refractivity contribution in [3.63, 3.8) is 0 Å². The Hall–Kier alpha value is -0.100. The van der Waals surface area contributed by atoms with Crippen LogP contribution in [0.15, 0.2) is 21.1 Å². The lowest BCUT2D eigenvalue weighted by Gasteiger charge is -2.13. The van der Waals surface area contributed by atoms with Crippen LogP contribution in [-0.2, 0) is 11.3 Å². The minimum atomic E-state index is 0.501. The maximum absolute atomic E-state index is 5.84. The summed E-state index contributed by atoms with van der Waals surface area (Å²) in [4.78, 5) is 0. The van der Waals surface area contributed by atoms with Gasteiger partial charge < -0.3 is 14.8 Å². The second-order valence-electron chi connectivity index (χ2n) is 5.28. The summed E-state index contributed by atoms with van der Waals surface area (Å²) in [6.45, 7) is 5.16. The molecule has 2 rings (SSSR count). The Bertz CT molecular complexity index is 425. The summed E-state index contributed by atoms with van der Waals surface area (Å²) in [6.07, 6.45) is 5.62. The highest BCUT2D eigenvalue weighted by atomic mass is 79.9. The van der Waals surface area contributed by atoms with Crippen LogP contribution in [-0.4, -0.2) is 25.9 Å². The number of ether oxygens (including phenoxy) is 2. The fraction of sp³-hybridized carbons (Fsp3) is 0.625. The van der Waals surface area contributed by atoms with E-state index in [0.717, 1.165) is 34.4 Å². The third-order valence-electron chi connectivity index (χ3n) is 3.61. The van der Waals surface area contributed by atoms with Gasteiger partial charge in [0.25, 0.3) is 0 Å². The van der Waals surface area contributed by atoms with Crippen LogP contribution < -0.4 is 10.1 Å². The van der Waals surface area contributed by atoms with Gasteiger partial charge in [0.2, 0.25) is 0 Å². The Morgan fingerprint density at radius 1 is 1.19 bits per heavy atom. The molecule has 0 bridgehead atoms. The van der Waals surface area contributed by atoms with Crippen LogP contribution >= 0.6 is 31.9 Å². The molecule has 0 heterocycles. The van der Waals surface area contributed by atoms with Crippen LogP contribution in [0, 0.1) is 0 Å². The lowest BCUT2D eigenvalue weighted by molar-refractivity contribution is 0.0602. The van der Waals surface area contributed by atoms with E-state index < -0.39 is 0 Å². The van der Waals surface area contributed by atoms with Gasteiger partial charge in [0.05, 0.1) is 28.3 Å². The van der Waals surface area contributed by atoms with Crippen molar-refractivity contribution in [2.45, 2.75) is 45.3 Å². The molecule has 0 saturated heterocycles. The summed E-state index contributed by atoms with van der Waals surface area (Å²) in [7, 11) is 0. The van der Waals surface area contributed by atoms with Crippen molar-refractivity contribution in [3.8, 4) is 5.75 Å². The van der Waals surface area contributed by atoms with E-state index in [1.54, 1.807) is 0 Å². The lowest BCUT2D eigenvalue weighted by Crippen LogP contribution is -2.21. The average molecular weight is 421 g/mol. The fourth-order valence-electron chi connectivity index (χ4n) is 2.58.